The molecule has 0 aromatic rings. The van der Waals surface area contributed by atoms with Gasteiger partial charge in [0.05, 0.1) is 5.54 Å². The standard InChI is InChI=1S/C14H25N3O2.ClH/c1-3-14(7-5-8-15-14)13(19)16-11(2)10-17-9-4-6-12(17)18;/h11,15H,3-10H2,1-2H3,(H,16,19);1H. The third-order valence-corrected chi connectivity index (χ3v) is 4.33. The molecule has 2 heterocycles. The first-order chi connectivity index (χ1) is 9.07. The first kappa shape index (κ1) is 17.2. The van der Waals surface area contributed by atoms with E-state index in [-0.39, 0.29) is 35.8 Å². The monoisotopic (exact) mass is 303 g/mol. The fraction of sp³-hybridized carbons (Fsp3) is 0.857. The molecule has 2 saturated heterocycles. The van der Waals surface area contributed by atoms with Gasteiger partial charge in [-0.3, -0.25) is 9.59 Å². The van der Waals surface area contributed by atoms with E-state index in [2.05, 4.69) is 10.6 Å². The van der Waals surface area contributed by atoms with E-state index in [0.717, 1.165) is 38.8 Å². The first-order valence-electron chi connectivity index (χ1n) is 7.41. The molecular weight excluding hydrogens is 278 g/mol. The fourth-order valence-electron chi connectivity index (χ4n) is 3.10. The molecule has 0 radical (unpaired) electrons. The van der Waals surface area contributed by atoms with Gasteiger partial charge < -0.3 is 15.5 Å². The second-order valence-electron chi connectivity index (χ2n) is 5.78. The number of hydrogen-bond donors (Lipinski definition) is 2. The van der Waals surface area contributed by atoms with Crippen LogP contribution in [-0.2, 0) is 9.59 Å². The van der Waals surface area contributed by atoms with Crippen molar-refractivity contribution in [2.24, 2.45) is 0 Å². The van der Waals surface area contributed by atoms with E-state index in [1.807, 2.05) is 18.7 Å². The molecular formula is C14H26ClN3O2. The minimum absolute atomic E-state index is 0. The number of nitrogens with one attached hydrogen (secondary N) is 2. The van der Waals surface area contributed by atoms with E-state index in [1.165, 1.54) is 0 Å². The van der Waals surface area contributed by atoms with Crippen molar-refractivity contribution in [3.63, 3.8) is 0 Å². The van der Waals surface area contributed by atoms with Crippen molar-refractivity contribution in [1.82, 2.24) is 15.5 Å². The topological polar surface area (TPSA) is 61.4 Å². The smallest absolute Gasteiger partial charge is 0.240 e. The summed E-state index contributed by atoms with van der Waals surface area (Å²) in [6, 6.07) is 0.0142. The zero-order valence-corrected chi connectivity index (χ0v) is 13.2. The minimum Gasteiger partial charge on any atom is -0.350 e. The largest absolute Gasteiger partial charge is 0.350 e. The van der Waals surface area contributed by atoms with Crippen molar-refractivity contribution < 1.29 is 9.59 Å². The van der Waals surface area contributed by atoms with Gasteiger partial charge in [-0.05, 0) is 39.2 Å². The van der Waals surface area contributed by atoms with Crippen molar-refractivity contribution >= 4 is 24.2 Å². The maximum absolute atomic E-state index is 12.4. The molecule has 0 aliphatic carbocycles. The molecule has 2 amide bonds. The highest BCUT2D eigenvalue weighted by atomic mass is 35.5. The zero-order valence-electron chi connectivity index (χ0n) is 12.4. The molecule has 20 heavy (non-hydrogen) atoms. The van der Waals surface area contributed by atoms with Crippen LogP contribution < -0.4 is 10.6 Å². The number of carbonyl (C=O) groups is 2. The van der Waals surface area contributed by atoms with Gasteiger partial charge in [-0.2, -0.15) is 0 Å². The summed E-state index contributed by atoms with van der Waals surface area (Å²) in [5, 5.41) is 6.40. The molecule has 5 nitrogen and oxygen atoms in total. The highest BCUT2D eigenvalue weighted by molar-refractivity contribution is 5.87. The van der Waals surface area contributed by atoms with Crippen LogP contribution >= 0.6 is 12.4 Å². The number of amides is 2. The van der Waals surface area contributed by atoms with Gasteiger partial charge in [0.1, 0.15) is 0 Å². The predicted molar refractivity (Wildman–Crippen MR) is 80.9 cm³/mol. The van der Waals surface area contributed by atoms with Gasteiger partial charge in [0, 0.05) is 25.6 Å². The van der Waals surface area contributed by atoms with Gasteiger partial charge in [0.2, 0.25) is 11.8 Å². The van der Waals surface area contributed by atoms with Crippen molar-refractivity contribution in [3.05, 3.63) is 0 Å². The van der Waals surface area contributed by atoms with Crippen LogP contribution in [0, 0.1) is 0 Å². The molecule has 0 saturated carbocycles. The van der Waals surface area contributed by atoms with Crippen molar-refractivity contribution in [2.45, 2.75) is 57.5 Å². The van der Waals surface area contributed by atoms with Crippen molar-refractivity contribution in [1.29, 1.82) is 0 Å². The van der Waals surface area contributed by atoms with E-state index in [0.29, 0.717) is 13.0 Å². The quantitative estimate of drug-likeness (QED) is 0.798. The number of hydrogen-bond acceptors (Lipinski definition) is 3. The van der Waals surface area contributed by atoms with E-state index in [9.17, 15) is 9.59 Å². The summed E-state index contributed by atoms with van der Waals surface area (Å²) in [7, 11) is 0. The molecule has 0 bridgehead atoms. The van der Waals surface area contributed by atoms with Gasteiger partial charge in [-0.25, -0.2) is 0 Å². The van der Waals surface area contributed by atoms with Gasteiger partial charge in [-0.1, -0.05) is 6.92 Å². The van der Waals surface area contributed by atoms with E-state index in [1.54, 1.807) is 0 Å². The molecule has 6 heteroatoms. The van der Waals surface area contributed by atoms with Gasteiger partial charge in [0.25, 0.3) is 0 Å². The fourth-order valence-corrected chi connectivity index (χ4v) is 3.10. The molecule has 2 aliphatic rings. The maximum Gasteiger partial charge on any atom is 0.240 e. The van der Waals surface area contributed by atoms with Crippen LogP contribution in [0.2, 0.25) is 0 Å². The average molecular weight is 304 g/mol. The van der Waals surface area contributed by atoms with Crippen molar-refractivity contribution in [2.75, 3.05) is 19.6 Å². The van der Waals surface area contributed by atoms with Crippen LogP contribution in [0.4, 0.5) is 0 Å². The van der Waals surface area contributed by atoms with Crippen molar-refractivity contribution in [3.8, 4) is 0 Å². The number of likely N-dealkylation sites (tertiary alicyclic amines) is 1. The molecule has 0 aromatic carbocycles. The summed E-state index contributed by atoms with van der Waals surface area (Å²) < 4.78 is 0. The summed E-state index contributed by atoms with van der Waals surface area (Å²) >= 11 is 0. The van der Waals surface area contributed by atoms with Gasteiger partial charge in [0.15, 0.2) is 0 Å². The second kappa shape index (κ2) is 7.27. The Labute approximate surface area is 127 Å². The summed E-state index contributed by atoms with van der Waals surface area (Å²) in [5.41, 5.74) is -0.386. The Kier molecular flexibility index (Phi) is 6.27. The lowest BCUT2D eigenvalue weighted by Crippen LogP contribution is -2.56. The molecule has 0 aromatic heterocycles. The molecule has 2 N–H and O–H groups in total. The van der Waals surface area contributed by atoms with Crippen LogP contribution in [0.1, 0.15) is 46.0 Å². The molecule has 2 unspecified atom stereocenters. The maximum atomic E-state index is 12.4. The lowest BCUT2D eigenvalue weighted by molar-refractivity contribution is -0.130. The molecule has 116 valence electrons. The second-order valence-corrected chi connectivity index (χ2v) is 5.78. The molecule has 2 aliphatic heterocycles. The van der Waals surface area contributed by atoms with Crippen LogP contribution in [0.3, 0.4) is 0 Å². The number of nitrogens with zero attached hydrogens (tertiary/aromatic N) is 1. The number of halogens is 1. The van der Waals surface area contributed by atoms with Gasteiger partial charge >= 0.3 is 0 Å². The van der Waals surface area contributed by atoms with Crippen LogP contribution in [-0.4, -0.2) is 47.9 Å². The third-order valence-electron chi connectivity index (χ3n) is 4.33. The molecule has 2 rings (SSSR count). The highest BCUT2D eigenvalue weighted by Gasteiger charge is 2.39. The summed E-state index contributed by atoms with van der Waals surface area (Å²) in [4.78, 5) is 25.8. The van der Waals surface area contributed by atoms with E-state index >= 15 is 0 Å². The lowest BCUT2D eigenvalue weighted by Gasteiger charge is -2.30. The summed E-state index contributed by atoms with van der Waals surface area (Å²) in [6.45, 7) is 6.40. The Hall–Kier alpha value is -0.810. The Bertz CT molecular complexity index is 356. The van der Waals surface area contributed by atoms with Crippen LogP contribution in [0.25, 0.3) is 0 Å². The van der Waals surface area contributed by atoms with Crippen LogP contribution in [0.5, 0.6) is 0 Å². The zero-order chi connectivity index (χ0) is 13.9. The minimum atomic E-state index is -0.386. The first-order valence-corrected chi connectivity index (χ1v) is 7.41. The summed E-state index contributed by atoms with van der Waals surface area (Å²) in [5.74, 6) is 0.303. The van der Waals surface area contributed by atoms with E-state index in [4.69, 9.17) is 0 Å². The van der Waals surface area contributed by atoms with Crippen LogP contribution in [0.15, 0.2) is 0 Å². The average Bonchev–Trinajstić information content (AvgIpc) is 3.00. The predicted octanol–water partition coefficient (Wildman–Crippen LogP) is 1.07. The van der Waals surface area contributed by atoms with Gasteiger partial charge in [-0.15, -0.1) is 12.4 Å². The Balaban J connectivity index is 0.00000200. The number of carbonyl (C=O) groups excluding carboxylic acids is 2. The molecule has 0 spiro atoms. The normalized spacial score (nSPS) is 27.3. The molecule has 2 fully saturated rings. The highest BCUT2D eigenvalue weighted by Crippen LogP contribution is 2.23. The summed E-state index contributed by atoms with van der Waals surface area (Å²) in [6.07, 6.45) is 4.38. The third kappa shape index (κ3) is 3.64. The number of rotatable bonds is 5. The molecule has 2 atom stereocenters. The van der Waals surface area contributed by atoms with E-state index < -0.39 is 0 Å². The Morgan fingerprint density at radius 2 is 2.25 bits per heavy atom. The Morgan fingerprint density at radius 3 is 2.75 bits per heavy atom. The SMILES string of the molecule is CCC1(C(=O)NC(C)CN2CCCC2=O)CCCN1.Cl. The lowest BCUT2D eigenvalue weighted by atomic mass is 9.93. The Morgan fingerprint density at radius 1 is 1.50 bits per heavy atom.